The largest absolute Gasteiger partial charge is 0.504 e. The van der Waals surface area contributed by atoms with Crippen LogP contribution in [-0.2, 0) is 13.6 Å². The number of urea groups is 1. The van der Waals surface area contributed by atoms with Crippen molar-refractivity contribution in [3.05, 3.63) is 36.5 Å². The first-order valence-electron chi connectivity index (χ1n) is 11.3. The van der Waals surface area contributed by atoms with Crippen LogP contribution in [0.5, 0.6) is 11.5 Å². The van der Waals surface area contributed by atoms with Gasteiger partial charge in [-0.25, -0.2) is 14.8 Å². The number of rotatable bonds is 12. The monoisotopic (exact) mass is 503 g/mol. The number of amides is 2. The molecule has 0 bridgehead atoms. The van der Waals surface area contributed by atoms with Crippen molar-refractivity contribution in [2.75, 3.05) is 38.3 Å². The Morgan fingerprint density at radius 2 is 1.86 bits per heavy atom. The van der Waals surface area contributed by atoms with Crippen LogP contribution in [0.3, 0.4) is 0 Å². The molecule has 0 aliphatic carbocycles. The van der Waals surface area contributed by atoms with Crippen LogP contribution in [0.4, 0.5) is 10.6 Å². The summed E-state index contributed by atoms with van der Waals surface area (Å²) in [5.41, 5.74) is 2.17. The fraction of sp³-hybridized carbons (Fsp3) is 0.391. The lowest BCUT2D eigenvalue weighted by molar-refractivity contribution is 0.219. The molecule has 3 rings (SSSR count). The van der Waals surface area contributed by atoms with Crippen molar-refractivity contribution < 1.29 is 28.3 Å². The zero-order valence-corrected chi connectivity index (χ0v) is 20.9. The predicted molar refractivity (Wildman–Crippen MR) is 133 cm³/mol. The minimum atomic E-state index is -3.07. The van der Waals surface area contributed by atoms with Gasteiger partial charge in [0, 0.05) is 12.1 Å². The Balaban J connectivity index is 1.57. The number of hydrogen-bond acceptors (Lipinski definition) is 9. The first-order valence-corrected chi connectivity index (χ1v) is 13.0. The van der Waals surface area contributed by atoms with Crippen molar-refractivity contribution >= 4 is 30.6 Å². The highest BCUT2D eigenvalue weighted by Crippen LogP contribution is 2.48. The molecule has 35 heavy (non-hydrogen) atoms. The van der Waals surface area contributed by atoms with Crippen molar-refractivity contribution in [3.63, 3.8) is 0 Å². The molecule has 0 spiro atoms. The third kappa shape index (κ3) is 7.35. The van der Waals surface area contributed by atoms with Gasteiger partial charge in [-0.1, -0.05) is 0 Å². The summed E-state index contributed by atoms with van der Waals surface area (Å²) in [7, 11) is -1.60. The van der Waals surface area contributed by atoms with Gasteiger partial charge in [-0.05, 0) is 57.0 Å². The fourth-order valence-electron chi connectivity index (χ4n) is 3.30. The number of nitrogens with one attached hydrogen (secondary N) is 2. The number of pyridine rings is 1. The zero-order valence-electron chi connectivity index (χ0n) is 20.0. The van der Waals surface area contributed by atoms with Crippen LogP contribution in [0, 0.1) is 0 Å². The molecule has 188 valence electrons. The Morgan fingerprint density at radius 1 is 1.09 bits per heavy atom. The molecule has 0 aliphatic heterocycles. The van der Waals surface area contributed by atoms with Crippen LogP contribution >= 0.6 is 7.60 Å². The minimum Gasteiger partial charge on any atom is -0.504 e. The molecule has 11 nitrogen and oxygen atoms in total. The number of aromatic hydroxyl groups is 1. The molecule has 12 heteroatoms. The maximum absolute atomic E-state index is 12.4. The molecule has 3 aromatic rings. The van der Waals surface area contributed by atoms with Gasteiger partial charge in [0.2, 0.25) is 0 Å². The van der Waals surface area contributed by atoms with E-state index in [4.69, 9.17) is 13.8 Å². The first-order chi connectivity index (χ1) is 16.9. The number of phenolic OH excluding ortho intramolecular Hbond substituents is 1. The van der Waals surface area contributed by atoms with E-state index in [2.05, 4.69) is 25.6 Å². The Kier molecular flexibility index (Phi) is 9.36. The summed E-state index contributed by atoms with van der Waals surface area (Å²) in [6.45, 7) is 4.59. The third-order valence-electron chi connectivity index (χ3n) is 4.92. The van der Waals surface area contributed by atoms with Gasteiger partial charge in [0.1, 0.15) is 11.3 Å². The first kappa shape index (κ1) is 26.3. The summed E-state index contributed by atoms with van der Waals surface area (Å²) in [5, 5.41) is 15.2. The lowest BCUT2D eigenvalue weighted by Gasteiger charge is -2.16. The standard InChI is InChI=1S/C23H30N5O6P/c1-4-33-35(31,34-5-2)13-7-6-12-24-23(30)28-21-11-9-17-22(27-21)26-18(15-25-17)16-8-10-19(29)20(14-16)32-3/h8-11,14-15,29H,4-7,12-13H2,1-3H3,(H2,24,26,27,28,30). The van der Waals surface area contributed by atoms with Gasteiger partial charge in [0.25, 0.3) is 0 Å². The highest BCUT2D eigenvalue weighted by Gasteiger charge is 2.22. The van der Waals surface area contributed by atoms with Crippen LogP contribution in [0.25, 0.3) is 22.4 Å². The summed E-state index contributed by atoms with van der Waals surface area (Å²) < 4.78 is 28.1. The van der Waals surface area contributed by atoms with Gasteiger partial charge in [-0.2, -0.15) is 0 Å². The molecular formula is C23H30N5O6P. The molecule has 2 amide bonds. The van der Waals surface area contributed by atoms with Gasteiger partial charge in [-0.3, -0.25) is 14.9 Å². The Morgan fingerprint density at radius 3 is 2.57 bits per heavy atom. The van der Waals surface area contributed by atoms with Crippen molar-refractivity contribution in [3.8, 4) is 22.8 Å². The van der Waals surface area contributed by atoms with E-state index < -0.39 is 13.6 Å². The van der Waals surface area contributed by atoms with Crippen LogP contribution in [0.15, 0.2) is 36.5 Å². The summed E-state index contributed by atoms with van der Waals surface area (Å²) in [4.78, 5) is 25.5. The molecule has 0 saturated heterocycles. The molecular weight excluding hydrogens is 473 g/mol. The van der Waals surface area contributed by atoms with Crippen LogP contribution in [0.1, 0.15) is 26.7 Å². The van der Waals surface area contributed by atoms with Crippen LogP contribution in [0.2, 0.25) is 0 Å². The van der Waals surface area contributed by atoms with E-state index in [1.807, 2.05) is 0 Å². The van der Waals surface area contributed by atoms with E-state index >= 15 is 0 Å². The fourth-order valence-corrected chi connectivity index (χ4v) is 5.03. The minimum absolute atomic E-state index is 0.0261. The lowest BCUT2D eigenvalue weighted by Crippen LogP contribution is -2.30. The van der Waals surface area contributed by atoms with Gasteiger partial charge in [0.15, 0.2) is 17.1 Å². The number of phenols is 1. The van der Waals surface area contributed by atoms with E-state index in [0.29, 0.717) is 72.8 Å². The number of unbranched alkanes of at least 4 members (excludes halogenated alkanes) is 1. The molecule has 0 atom stereocenters. The molecule has 1 aromatic carbocycles. The van der Waals surface area contributed by atoms with Crippen molar-refractivity contribution in [2.24, 2.45) is 0 Å². The number of methoxy groups -OCH3 is 1. The van der Waals surface area contributed by atoms with Gasteiger partial charge in [0.05, 0.1) is 38.4 Å². The van der Waals surface area contributed by atoms with Gasteiger partial charge in [-0.15, -0.1) is 0 Å². The number of fused-ring (bicyclic) bond motifs is 1. The summed E-state index contributed by atoms with van der Waals surface area (Å²) in [6.07, 6.45) is 3.11. The summed E-state index contributed by atoms with van der Waals surface area (Å²) in [5.74, 6) is 0.670. The molecule has 0 saturated carbocycles. The second-order valence-electron chi connectivity index (χ2n) is 7.44. The molecule has 2 heterocycles. The predicted octanol–water partition coefficient (Wildman–Crippen LogP) is 4.57. The molecule has 0 unspecified atom stereocenters. The zero-order chi connectivity index (χ0) is 25.3. The van der Waals surface area contributed by atoms with Crippen molar-refractivity contribution in [1.29, 1.82) is 0 Å². The number of ether oxygens (including phenoxy) is 1. The molecule has 0 radical (unpaired) electrons. The van der Waals surface area contributed by atoms with Crippen molar-refractivity contribution in [1.82, 2.24) is 20.3 Å². The van der Waals surface area contributed by atoms with E-state index in [1.54, 1.807) is 44.3 Å². The second-order valence-corrected chi connectivity index (χ2v) is 9.62. The average molecular weight is 503 g/mol. The van der Waals surface area contributed by atoms with E-state index in [0.717, 1.165) is 0 Å². The highest BCUT2D eigenvalue weighted by molar-refractivity contribution is 7.53. The van der Waals surface area contributed by atoms with Crippen molar-refractivity contribution in [2.45, 2.75) is 26.7 Å². The number of aromatic nitrogens is 3. The number of hydrogen-bond donors (Lipinski definition) is 3. The maximum atomic E-state index is 12.4. The number of carbonyl (C=O) groups excluding carboxylic acids is 1. The Labute approximate surface area is 203 Å². The second kappa shape index (κ2) is 12.4. The smallest absolute Gasteiger partial charge is 0.330 e. The van der Waals surface area contributed by atoms with E-state index in [9.17, 15) is 14.5 Å². The maximum Gasteiger partial charge on any atom is 0.330 e. The summed E-state index contributed by atoms with van der Waals surface area (Å²) >= 11 is 0. The lowest BCUT2D eigenvalue weighted by atomic mass is 10.1. The highest BCUT2D eigenvalue weighted by atomic mass is 31.2. The van der Waals surface area contributed by atoms with E-state index in [-0.39, 0.29) is 5.75 Å². The Hall–Kier alpha value is -3.27. The van der Waals surface area contributed by atoms with Gasteiger partial charge < -0.3 is 24.2 Å². The van der Waals surface area contributed by atoms with Crippen LogP contribution in [-0.4, -0.2) is 59.1 Å². The molecule has 0 aliphatic rings. The molecule has 3 N–H and O–H groups in total. The average Bonchev–Trinajstić information content (AvgIpc) is 2.84. The quantitative estimate of drug-likeness (QED) is 0.239. The third-order valence-corrected chi connectivity index (χ3v) is 7.09. The topological polar surface area (TPSA) is 145 Å². The number of nitrogens with zero attached hydrogens (tertiary/aromatic N) is 3. The van der Waals surface area contributed by atoms with Crippen LogP contribution < -0.4 is 15.4 Å². The number of carbonyl (C=O) groups is 1. The number of anilines is 1. The number of benzene rings is 1. The molecule has 2 aromatic heterocycles. The molecule has 0 fully saturated rings. The van der Waals surface area contributed by atoms with E-state index in [1.165, 1.54) is 13.2 Å². The SMILES string of the molecule is CCOP(=O)(CCCCNC(=O)Nc1ccc2ncc(-c3ccc(O)c(OC)c3)nc2n1)OCC. The van der Waals surface area contributed by atoms with Gasteiger partial charge >= 0.3 is 13.6 Å². The summed E-state index contributed by atoms with van der Waals surface area (Å²) in [6, 6.07) is 7.81. The Bertz CT molecular complexity index is 1200. The normalized spacial score (nSPS) is 11.4.